The molecule has 0 aromatic heterocycles. The lowest BCUT2D eigenvalue weighted by Gasteiger charge is -2.24. The minimum Gasteiger partial charge on any atom is -0.0648 e. The molecule has 0 aliphatic heterocycles. The van der Waals surface area contributed by atoms with Gasteiger partial charge >= 0.3 is 0 Å². The van der Waals surface area contributed by atoms with Crippen LogP contribution in [0.25, 0.3) is 49.9 Å². The molecule has 0 bridgehead atoms. The lowest BCUT2D eigenvalue weighted by Crippen LogP contribution is -2.10. The molecule has 0 saturated carbocycles. The molecular formula is C40H32. The number of rotatable bonds is 4. The highest BCUT2D eigenvalue weighted by atomic mass is 14.4. The van der Waals surface area contributed by atoms with Crippen LogP contribution in [0.1, 0.15) is 54.0 Å². The zero-order valence-corrected chi connectivity index (χ0v) is 23.1. The van der Waals surface area contributed by atoms with E-state index in [0.29, 0.717) is 11.8 Å². The van der Waals surface area contributed by atoms with Gasteiger partial charge in [0.15, 0.2) is 0 Å². The van der Waals surface area contributed by atoms with Crippen LogP contribution in [-0.4, -0.2) is 0 Å². The molecule has 0 amide bonds. The molecule has 2 aliphatic carbocycles. The van der Waals surface area contributed by atoms with Crippen LogP contribution in [-0.2, 0) is 6.42 Å². The van der Waals surface area contributed by atoms with Crippen LogP contribution in [0.5, 0.6) is 0 Å². The van der Waals surface area contributed by atoms with Gasteiger partial charge in [0.05, 0.1) is 0 Å². The van der Waals surface area contributed by atoms with E-state index >= 15 is 0 Å². The zero-order valence-electron chi connectivity index (χ0n) is 23.1. The van der Waals surface area contributed by atoms with Crippen molar-refractivity contribution in [1.29, 1.82) is 0 Å². The third kappa shape index (κ3) is 3.39. The van der Waals surface area contributed by atoms with Gasteiger partial charge in [0, 0.05) is 5.92 Å². The molecule has 0 radical (unpaired) electrons. The molecule has 8 rings (SSSR count). The predicted octanol–water partition coefficient (Wildman–Crippen LogP) is 10.8. The quantitative estimate of drug-likeness (QED) is 0.206. The van der Waals surface area contributed by atoms with Gasteiger partial charge in [-0.1, -0.05) is 135 Å². The molecule has 40 heavy (non-hydrogen) atoms. The molecule has 192 valence electrons. The standard InChI is InChI=1S/C40H32/c1-3-25(2)36-24-39-33(37-22-26-12-4-6-14-28(26)30-16-8-9-17-32(30)37)19-11-21-35(39)40(36)34-20-10-18-31-29-15-7-5-13-27(29)23-38(31)34/h4-22,24-25,40H,3,23H2,1-2H3. The summed E-state index contributed by atoms with van der Waals surface area (Å²) < 4.78 is 0. The van der Waals surface area contributed by atoms with E-state index in [9.17, 15) is 0 Å². The fraction of sp³-hybridized carbons (Fsp3) is 0.150. The molecule has 2 atom stereocenters. The molecule has 6 aromatic carbocycles. The highest BCUT2D eigenvalue weighted by Gasteiger charge is 2.34. The monoisotopic (exact) mass is 512 g/mol. The van der Waals surface area contributed by atoms with Gasteiger partial charge < -0.3 is 0 Å². The number of hydrogen-bond acceptors (Lipinski definition) is 0. The van der Waals surface area contributed by atoms with Crippen molar-refractivity contribution in [2.75, 3.05) is 0 Å². The lowest BCUT2D eigenvalue weighted by atomic mass is 9.79. The van der Waals surface area contributed by atoms with Gasteiger partial charge in [-0.15, -0.1) is 0 Å². The third-order valence-corrected chi connectivity index (χ3v) is 9.53. The van der Waals surface area contributed by atoms with Gasteiger partial charge in [-0.3, -0.25) is 0 Å². The molecule has 0 N–H and O–H groups in total. The van der Waals surface area contributed by atoms with Crippen LogP contribution in [0.4, 0.5) is 0 Å². The van der Waals surface area contributed by atoms with E-state index in [1.165, 1.54) is 71.6 Å². The Bertz CT molecular complexity index is 1990. The Morgan fingerprint density at radius 1 is 0.625 bits per heavy atom. The molecule has 0 saturated heterocycles. The van der Waals surface area contributed by atoms with Crippen molar-refractivity contribution in [1.82, 2.24) is 0 Å². The van der Waals surface area contributed by atoms with Crippen molar-refractivity contribution in [3.05, 3.63) is 149 Å². The van der Waals surface area contributed by atoms with Gasteiger partial charge in [-0.2, -0.15) is 0 Å². The summed E-state index contributed by atoms with van der Waals surface area (Å²) in [4.78, 5) is 0. The van der Waals surface area contributed by atoms with Crippen LogP contribution in [0.3, 0.4) is 0 Å². The second-order valence-corrected chi connectivity index (χ2v) is 11.6. The molecule has 0 heterocycles. The molecule has 0 fully saturated rings. The highest BCUT2D eigenvalue weighted by molar-refractivity contribution is 6.14. The molecule has 2 unspecified atom stereocenters. The summed E-state index contributed by atoms with van der Waals surface area (Å²) in [7, 11) is 0. The second-order valence-electron chi connectivity index (χ2n) is 11.6. The summed E-state index contributed by atoms with van der Waals surface area (Å²) in [6, 6.07) is 43.1. The van der Waals surface area contributed by atoms with Gasteiger partial charge in [-0.05, 0) is 96.4 Å². The lowest BCUT2D eigenvalue weighted by molar-refractivity contribution is 0.625. The molecule has 0 spiro atoms. The average Bonchev–Trinajstić information content (AvgIpc) is 3.59. The maximum Gasteiger partial charge on any atom is 0.0314 e. The first-order valence-electron chi connectivity index (χ1n) is 14.7. The van der Waals surface area contributed by atoms with Gasteiger partial charge in [-0.25, -0.2) is 0 Å². The Kier molecular flexibility index (Phi) is 5.32. The Hall–Kier alpha value is -4.42. The van der Waals surface area contributed by atoms with Crippen molar-refractivity contribution in [2.24, 2.45) is 5.92 Å². The highest BCUT2D eigenvalue weighted by Crippen LogP contribution is 2.51. The summed E-state index contributed by atoms with van der Waals surface area (Å²) in [5.41, 5.74) is 14.4. The number of benzene rings is 6. The second kappa shape index (κ2) is 9.07. The van der Waals surface area contributed by atoms with Crippen molar-refractivity contribution in [3.8, 4) is 22.3 Å². The van der Waals surface area contributed by atoms with E-state index in [2.05, 4.69) is 135 Å². The van der Waals surface area contributed by atoms with Gasteiger partial charge in [0.2, 0.25) is 0 Å². The minimum absolute atomic E-state index is 0.292. The number of allylic oxidation sites excluding steroid dienone is 1. The average molecular weight is 513 g/mol. The summed E-state index contributed by atoms with van der Waals surface area (Å²) in [6.07, 6.45) is 4.71. The van der Waals surface area contributed by atoms with Crippen LogP contribution in [0.2, 0.25) is 0 Å². The Morgan fingerprint density at radius 3 is 2.15 bits per heavy atom. The zero-order chi connectivity index (χ0) is 26.8. The van der Waals surface area contributed by atoms with Crippen LogP contribution in [0.15, 0.2) is 121 Å². The van der Waals surface area contributed by atoms with Crippen molar-refractivity contribution < 1.29 is 0 Å². The van der Waals surface area contributed by atoms with E-state index < -0.39 is 0 Å². The summed E-state index contributed by atoms with van der Waals surface area (Å²) in [5, 5.41) is 5.27. The fourth-order valence-corrected chi connectivity index (χ4v) is 7.40. The van der Waals surface area contributed by atoms with Crippen molar-refractivity contribution in [2.45, 2.75) is 32.6 Å². The number of hydrogen-bond donors (Lipinski definition) is 0. The molecular weight excluding hydrogens is 480 g/mol. The molecule has 0 nitrogen and oxygen atoms in total. The predicted molar refractivity (Wildman–Crippen MR) is 171 cm³/mol. The first-order valence-corrected chi connectivity index (χ1v) is 14.7. The van der Waals surface area contributed by atoms with Crippen LogP contribution < -0.4 is 0 Å². The summed E-state index contributed by atoms with van der Waals surface area (Å²) in [5.74, 6) is 0.805. The normalized spacial score (nSPS) is 16.1. The first kappa shape index (κ1) is 23.5. The topological polar surface area (TPSA) is 0 Å². The Balaban J connectivity index is 1.37. The first-order chi connectivity index (χ1) is 19.7. The summed E-state index contributed by atoms with van der Waals surface area (Å²) in [6.45, 7) is 4.74. The number of fused-ring (bicyclic) bond motifs is 7. The molecule has 2 aliphatic rings. The van der Waals surface area contributed by atoms with Crippen molar-refractivity contribution >= 4 is 27.6 Å². The van der Waals surface area contributed by atoms with Crippen molar-refractivity contribution in [3.63, 3.8) is 0 Å². The van der Waals surface area contributed by atoms with Gasteiger partial charge in [0.25, 0.3) is 0 Å². The minimum atomic E-state index is 0.292. The maximum atomic E-state index is 2.55. The van der Waals surface area contributed by atoms with E-state index in [1.54, 1.807) is 5.57 Å². The van der Waals surface area contributed by atoms with Crippen LogP contribution >= 0.6 is 0 Å². The largest absolute Gasteiger partial charge is 0.0648 e. The Labute approximate surface area is 236 Å². The van der Waals surface area contributed by atoms with E-state index in [-0.39, 0.29) is 0 Å². The maximum absolute atomic E-state index is 2.55. The SMILES string of the molecule is CCC(C)C1=Cc2c(-c3cc4ccccc4c4ccccc34)cccc2C1c1cccc2c1Cc1ccccc1-2. The molecule has 0 heteroatoms. The van der Waals surface area contributed by atoms with Crippen LogP contribution in [0, 0.1) is 5.92 Å². The smallest absolute Gasteiger partial charge is 0.0314 e. The third-order valence-electron chi connectivity index (χ3n) is 9.53. The van der Waals surface area contributed by atoms with E-state index in [4.69, 9.17) is 0 Å². The van der Waals surface area contributed by atoms with Gasteiger partial charge in [0.1, 0.15) is 0 Å². The summed E-state index contributed by atoms with van der Waals surface area (Å²) >= 11 is 0. The molecule has 6 aromatic rings. The fourth-order valence-electron chi connectivity index (χ4n) is 7.40. The van der Waals surface area contributed by atoms with E-state index in [1.807, 2.05) is 0 Å². The Morgan fingerprint density at radius 2 is 1.30 bits per heavy atom. The van der Waals surface area contributed by atoms with E-state index in [0.717, 1.165) is 12.8 Å².